The molecule has 0 heterocycles. The third-order valence-electron chi connectivity index (χ3n) is 5.09. The van der Waals surface area contributed by atoms with Crippen LogP contribution in [0.15, 0.2) is 12.2 Å². The molecular formula is C13H18O2. The number of aliphatic carboxylic acids is 1. The first-order valence-corrected chi connectivity index (χ1v) is 6.08. The number of carboxylic acids is 1. The van der Waals surface area contributed by atoms with Gasteiger partial charge in [0.1, 0.15) is 0 Å². The molecule has 82 valence electrons. The van der Waals surface area contributed by atoms with Crippen LogP contribution in [0.3, 0.4) is 0 Å². The van der Waals surface area contributed by atoms with Gasteiger partial charge in [-0.15, -0.1) is 0 Å². The van der Waals surface area contributed by atoms with Crippen LogP contribution in [0.5, 0.6) is 0 Å². The summed E-state index contributed by atoms with van der Waals surface area (Å²) in [6.07, 6.45) is 8.38. The topological polar surface area (TPSA) is 37.3 Å². The molecule has 0 saturated heterocycles. The van der Waals surface area contributed by atoms with E-state index in [9.17, 15) is 4.79 Å². The van der Waals surface area contributed by atoms with Gasteiger partial charge in [0.2, 0.25) is 0 Å². The van der Waals surface area contributed by atoms with Crippen LogP contribution in [0, 0.1) is 35.5 Å². The van der Waals surface area contributed by atoms with Crippen molar-refractivity contribution >= 4 is 5.97 Å². The van der Waals surface area contributed by atoms with Gasteiger partial charge in [-0.1, -0.05) is 19.1 Å². The number of carbonyl (C=O) groups is 1. The fourth-order valence-corrected chi connectivity index (χ4v) is 4.35. The number of hydrogen-bond acceptors (Lipinski definition) is 1. The Labute approximate surface area is 90.4 Å². The lowest BCUT2D eigenvalue weighted by molar-refractivity contribution is -0.144. The molecule has 3 aliphatic carbocycles. The van der Waals surface area contributed by atoms with Gasteiger partial charge in [-0.2, -0.15) is 0 Å². The molecule has 0 aromatic rings. The van der Waals surface area contributed by atoms with Gasteiger partial charge < -0.3 is 5.11 Å². The number of allylic oxidation sites excluding steroid dienone is 2. The SMILES string of the molecule is CC(C(=O)O)C1CC2CC1C1C=CCC21. The van der Waals surface area contributed by atoms with E-state index in [4.69, 9.17) is 5.11 Å². The summed E-state index contributed by atoms with van der Waals surface area (Å²) in [6.45, 7) is 1.89. The highest BCUT2D eigenvalue weighted by atomic mass is 16.4. The smallest absolute Gasteiger partial charge is 0.306 e. The summed E-state index contributed by atoms with van der Waals surface area (Å²) >= 11 is 0. The van der Waals surface area contributed by atoms with Crippen molar-refractivity contribution in [3.8, 4) is 0 Å². The van der Waals surface area contributed by atoms with E-state index in [2.05, 4.69) is 12.2 Å². The molecule has 2 nitrogen and oxygen atoms in total. The first kappa shape index (κ1) is 9.44. The van der Waals surface area contributed by atoms with Crippen LogP contribution < -0.4 is 0 Å². The van der Waals surface area contributed by atoms with Gasteiger partial charge in [0, 0.05) is 0 Å². The molecule has 0 aromatic heterocycles. The zero-order valence-electron chi connectivity index (χ0n) is 9.10. The second kappa shape index (κ2) is 3.10. The quantitative estimate of drug-likeness (QED) is 0.705. The average Bonchev–Trinajstić information content (AvgIpc) is 2.87. The minimum absolute atomic E-state index is 0.144. The van der Waals surface area contributed by atoms with E-state index in [1.165, 1.54) is 19.3 Å². The van der Waals surface area contributed by atoms with Crippen molar-refractivity contribution in [2.75, 3.05) is 0 Å². The van der Waals surface area contributed by atoms with Crippen molar-refractivity contribution in [3.05, 3.63) is 12.2 Å². The standard InChI is InChI=1S/C13H18O2/c1-7(13(14)15)11-5-8-6-12(11)10-4-2-3-9(8)10/h2,4,7-12H,3,5-6H2,1H3,(H,14,15). The highest BCUT2D eigenvalue weighted by Crippen LogP contribution is 2.60. The van der Waals surface area contributed by atoms with Crippen LogP contribution in [-0.2, 0) is 4.79 Å². The Balaban J connectivity index is 1.81. The van der Waals surface area contributed by atoms with Gasteiger partial charge in [0.05, 0.1) is 5.92 Å². The van der Waals surface area contributed by atoms with Crippen molar-refractivity contribution in [2.45, 2.75) is 26.2 Å². The van der Waals surface area contributed by atoms with Crippen LogP contribution in [0.1, 0.15) is 26.2 Å². The fraction of sp³-hybridized carbons (Fsp3) is 0.769. The van der Waals surface area contributed by atoms with Crippen LogP contribution >= 0.6 is 0 Å². The largest absolute Gasteiger partial charge is 0.481 e. The Morgan fingerprint density at radius 1 is 1.40 bits per heavy atom. The lowest BCUT2D eigenvalue weighted by Crippen LogP contribution is -2.31. The third kappa shape index (κ3) is 1.20. The van der Waals surface area contributed by atoms with Crippen molar-refractivity contribution in [1.29, 1.82) is 0 Å². The van der Waals surface area contributed by atoms with E-state index in [1.54, 1.807) is 0 Å². The Bertz CT molecular complexity index is 320. The second-order valence-corrected chi connectivity index (χ2v) is 5.59. The highest BCUT2D eigenvalue weighted by molar-refractivity contribution is 5.70. The van der Waals surface area contributed by atoms with Gasteiger partial charge in [0.15, 0.2) is 0 Å². The average molecular weight is 206 g/mol. The molecule has 2 fully saturated rings. The lowest BCUT2D eigenvalue weighted by Gasteiger charge is -2.33. The summed E-state index contributed by atoms with van der Waals surface area (Å²) < 4.78 is 0. The number of hydrogen-bond donors (Lipinski definition) is 1. The Kier molecular flexibility index (Phi) is 1.95. The van der Waals surface area contributed by atoms with Gasteiger partial charge in [-0.25, -0.2) is 0 Å². The molecule has 0 aromatic carbocycles. The highest BCUT2D eigenvalue weighted by Gasteiger charge is 2.54. The minimum atomic E-state index is -0.605. The summed E-state index contributed by atoms with van der Waals surface area (Å²) in [5.74, 6) is 2.77. The van der Waals surface area contributed by atoms with Gasteiger partial charge >= 0.3 is 5.97 Å². The Morgan fingerprint density at radius 3 is 2.93 bits per heavy atom. The first-order chi connectivity index (χ1) is 7.18. The van der Waals surface area contributed by atoms with E-state index in [0.717, 1.165) is 17.8 Å². The molecule has 0 aliphatic heterocycles. The van der Waals surface area contributed by atoms with E-state index >= 15 is 0 Å². The van der Waals surface area contributed by atoms with Crippen molar-refractivity contribution in [1.82, 2.24) is 0 Å². The summed E-state index contributed by atoms with van der Waals surface area (Å²) in [5, 5.41) is 9.09. The van der Waals surface area contributed by atoms with E-state index in [1.807, 2.05) is 6.92 Å². The predicted octanol–water partition coefficient (Wildman–Crippen LogP) is 2.56. The molecule has 0 spiro atoms. The molecule has 15 heavy (non-hydrogen) atoms. The van der Waals surface area contributed by atoms with Gasteiger partial charge in [0.25, 0.3) is 0 Å². The second-order valence-electron chi connectivity index (χ2n) is 5.59. The van der Waals surface area contributed by atoms with Crippen LogP contribution in [0.4, 0.5) is 0 Å². The molecular weight excluding hydrogens is 188 g/mol. The monoisotopic (exact) mass is 206 g/mol. The maximum absolute atomic E-state index is 11.0. The number of carboxylic acid groups (broad SMARTS) is 1. The molecule has 2 bridgehead atoms. The van der Waals surface area contributed by atoms with Crippen molar-refractivity contribution in [2.24, 2.45) is 35.5 Å². The molecule has 0 amide bonds. The summed E-state index contributed by atoms with van der Waals surface area (Å²) in [4.78, 5) is 11.0. The molecule has 6 atom stereocenters. The molecule has 3 rings (SSSR count). The zero-order valence-corrected chi connectivity index (χ0v) is 9.10. The fourth-order valence-electron chi connectivity index (χ4n) is 4.35. The third-order valence-corrected chi connectivity index (χ3v) is 5.09. The number of fused-ring (bicyclic) bond motifs is 5. The van der Waals surface area contributed by atoms with E-state index in [-0.39, 0.29) is 5.92 Å². The van der Waals surface area contributed by atoms with Crippen LogP contribution in [0.2, 0.25) is 0 Å². The lowest BCUT2D eigenvalue weighted by atomic mass is 9.71. The van der Waals surface area contributed by atoms with E-state index < -0.39 is 5.97 Å². The first-order valence-electron chi connectivity index (χ1n) is 6.08. The van der Waals surface area contributed by atoms with E-state index in [0.29, 0.717) is 11.8 Å². The van der Waals surface area contributed by atoms with Crippen LogP contribution in [0.25, 0.3) is 0 Å². The van der Waals surface area contributed by atoms with Gasteiger partial charge in [-0.3, -0.25) is 4.79 Å². The maximum atomic E-state index is 11.0. The molecule has 3 aliphatic rings. The van der Waals surface area contributed by atoms with Crippen molar-refractivity contribution < 1.29 is 9.90 Å². The molecule has 1 N–H and O–H groups in total. The summed E-state index contributed by atoms with van der Waals surface area (Å²) in [6, 6.07) is 0. The Morgan fingerprint density at radius 2 is 2.20 bits per heavy atom. The minimum Gasteiger partial charge on any atom is -0.481 e. The summed E-state index contributed by atoms with van der Waals surface area (Å²) in [5.41, 5.74) is 0. The molecule has 2 heteroatoms. The van der Waals surface area contributed by atoms with Crippen molar-refractivity contribution in [3.63, 3.8) is 0 Å². The number of rotatable bonds is 2. The van der Waals surface area contributed by atoms with Crippen LogP contribution in [-0.4, -0.2) is 11.1 Å². The molecule has 6 unspecified atom stereocenters. The predicted molar refractivity (Wildman–Crippen MR) is 57.2 cm³/mol. The molecule has 0 radical (unpaired) electrons. The maximum Gasteiger partial charge on any atom is 0.306 e. The normalized spacial score (nSPS) is 48.2. The van der Waals surface area contributed by atoms with Gasteiger partial charge in [-0.05, 0) is 48.9 Å². The Hall–Kier alpha value is -0.790. The molecule has 2 saturated carbocycles. The summed E-state index contributed by atoms with van der Waals surface area (Å²) in [7, 11) is 0. The zero-order chi connectivity index (χ0) is 10.6.